The number of rotatable bonds is 6. The van der Waals surface area contributed by atoms with Crippen LogP contribution in [-0.2, 0) is 4.79 Å². The van der Waals surface area contributed by atoms with E-state index >= 15 is 0 Å². The Hall–Kier alpha value is -2.14. The van der Waals surface area contributed by atoms with Crippen LogP contribution in [0.15, 0.2) is 53.0 Å². The summed E-state index contributed by atoms with van der Waals surface area (Å²) < 4.78 is 0.951. The van der Waals surface area contributed by atoms with E-state index in [0.717, 1.165) is 23.0 Å². The van der Waals surface area contributed by atoms with E-state index in [1.165, 1.54) is 0 Å². The van der Waals surface area contributed by atoms with Gasteiger partial charge >= 0.3 is 0 Å². The average Bonchev–Trinajstić information content (AvgIpc) is 2.58. The summed E-state index contributed by atoms with van der Waals surface area (Å²) in [5.41, 5.74) is 1.85. The number of nitrogens with one attached hydrogen (secondary N) is 2. The van der Waals surface area contributed by atoms with Crippen molar-refractivity contribution < 1.29 is 9.59 Å². The molecule has 0 atom stereocenters. The van der Waals surface area contributed by atoms with Gasteiger partial charge in [0.1, 0.15) is 0 Å². The summed E-state index contributed by atoms with van der Waals surface area (Å²) in [6, 6.07) is 14.3. The maximum atomic E-state index is 12.3. The van der Waals surface area contributed by atoms with Gasteiger partial charge in [-0.05, 0) is 55.3 Å². The summed E-state index contributed by atoms with van der Waals surface area (Å²) in [4.78, 5) is 24.5. The molecule has 2 N–H and O–H groups in total. The molecule has 5 heteroatoms. The van der Waals surface area contributed by atoms with Crippen molar-refractivity contribution in [3.8, 4) is 0 Å². The molecule has 126 valence electrons. The molecule has 0 aliphatic rings. The maximum Gasteiger partial charge on any atom is 0.255 e. The van der Waals surface area contributed by atoms with Crippen LogP contribution in [0, 0.1) is 5.92 Å². The van der Waals surface area contributed by atoms with Gasteiger partial charge in [-0.2, -0.15) is 0 Å². The number of hydrogen-bond donors (Lipinski definition) is 2. The zero-order valence-electron chi connectivity index (χ0n) is 13.8. The highest BCUT2D eigenvalue weighted by Crippen LogP contribution is 2.18. The number of carbonyl (C=O) groups is 2. The minimum atomic E-state index is -0.212. The Kier molecular flexibility index (Phi) is 6.55. The minimum absolute atomic E-state index is 0.00883. The maximum absolute atomic E-state index is 12.3. The average molecular weight is 389 g/mol. The van der Waals surface area contributed by atoms with Gasteiger partial charge in [-0.15, -0.1) is 0 Å². The number of amides is 2. The minimum Gasteiger partial charge on any atom is -0.326 e. The second-order valence-electron chi connectivity index (χ2n) is 5.54. The van der Waals surface area contributed by atoms with Crippen LogP contribution in [0.25, 0.3) is 0 Å². The van der Waals surface area contributed by atoms with Gasteiger partial charge in [-0.3, -0.25) is 9.59 Å². The van der Waals surface area contributed by atoms with Gasteiger partial charge < -0.3 is 10.6 Å². The number of benzene rings is 2. The molecule has 2 rings (SSSR count). The third-order valence-corrected chi connectivity index (χ3v) is 4.38. The highest BCUT2D eigenvalue weighted by Gasteiger charge is 2.15. The van der Waals surface area contributed by atoms with E-state index in [1.54, 1.807) is 24.3 Å². The SMILES string of the molecule is CCC(CC)C(=O)Nc1cccc(C(=O)Nc2ccc(Br)cc2)c1. The number of halogens is 1. The molecule has 0 fully saturated rings. The molecular formula is C19H21BrN2O2. The standard InChI is InChI=1S/C19H21BrN2O2/c1-3-13(4-2)18(23)22-17-7-5-6-14(12-17)19(24)21-16-10-8-15(20)9-11-16/h5-13H,3-4H2,1-2H3,(H,21,24)(H,22,23). The van der Waals surface area contributed by atoms with Gasteiger partial charge in [0.25, 0.3) is 5.91 Å². The molecule has 2 amide bonds. The van der Waals surface area contributed by atoms with Crippen molar-refractivity contribution >= 4 is 39.1 Å². The Morgan fingerprint density at radius 3 is 2.25 bits per heavy atom. The van der Waals surface area contributed by atoms with Crippen LogP contribution >= 0.6 is 15.9 Å². The summed E-state index contributed by atoms with van der Waals surface area (Å²) in [6.07, 6.45) is 1.60. The van der Waals surface area contributed by atoms with Crippen molar-refractivity contribution in [1.82, 2.24) is 0 Å². The first-order valence-electron chi connectivity index (χ1n) is 8.01. The summed E-state index contributed by atoms with van der Waals surface area (Å²) in [5, 5.41) is 5.72. The van der Waals surface area contributed by atoms with Gasteiger partial charge in [0.2, 0.25) is 5.91 Å². The smallest absolute Gasteiger partial charge is 0.255 e. The Labute approximate surface area is 150 Å². The van der Waals surface area contributed by atoms with Crippen LogP contribution in [0.4, 0.5) is 11.4 Å². The van der Waals surface area contributed by atoms with Gasteiger partial charge in [0, 0.05) is 27.3 Å². The van der Waals surface area contributed by atoms with E-state index in [4.69, 9.17) is 0 Å². The first kappa shape index (κ1) is 18.2. The summed E-state index contributed by atoms with van der Waals surface area (Å²) >= 11 is 3.36. The molecule has 4 nitrogen and oxygen atoms in total. The molecule has 24 heavy (non-hydrogen) atoms. The number of hydrogen-bond acceptors (Lipinski definition) is 2. The van der Waals surface area contributed by atoms with E-state index in [1.807, 2.05) is 38.1 Å². The second kappa shape index (κ2) is 8.64. The van der Waals surface area contributed by atoms with Crippen LogP contribution < -0.4 is 10.6 Å². The van der Waals surface area contributed by atoms with Crippen molar-refractivity contribution in [3.63, 3.8) is 0 Å². The van der Waals surface area contributed by atoms with E-state index < -0.39 is 0 Å². The van der Waals surface area contributed by atoms with Crippen LogP contribution in [0.5, 0.6) is 0 Å². The lowest BCUT2D eigenvalue weighted by Gasteiger charge is -2.13. The van der Waals surface area contributed by atoms with Gasteiger partial charge in [-0.1, -0.05) is 35.8 Å². The van der Waals surface area contributed by atoms with E-state index in [9.17, 15) is 9.59 Å². The lowest BCUT2D eigenvalue weighted by Crippen LogP contribution is -2.22. The Morgan fingerprint density at radius 2 is 1.62 bits per heavy atom. The molecule has 0 bridgehead atoms. The first-order valence-corrected chi connectivity index (χ1v) is 8.80. The molecule has 0 aliphatic carbocycles. The summed E-state index contributed by atoms with van der Waals surface area (Å²) in [7, 11) is 0. The van der Waals surface area contributed by atoms with E-state index in [0.29, 0.717) is 11.3 Å². The van der Waals surface area contributed by atoms with Crippen LogP contribution in [-0.4, -0.2) is 11.8 Å². The number of anilines is 2. The van der Waals surface area contributed by atoms with Crippen LogP contribution in [0.3, 0.4) is 0 Å². The van der Waals surface area contributed by atoms with Crippen molar-refractivity contribution in [3.05, 3.63) is 58.6 Å². The molecule has 2 aromatic rings. The van der Waals surface area contributed by atoms with E-state index in [-0.39, 0.29) is 17.7 Å². The summed E-state index contributed by atoms with van der Waals surface area (Å²) in [6.45, 7) is 3.99. The van der Waals surface area contributed by atoms with Gasteiger partial charge in [0.05, 0.1) is 0 Å². The van der Waals surface area contributed by atoms with Crippen molar-refractivity contribution in [1.29, 1.82) is 0 Å². The number of carbonyl (C=O) groups excluding carboxylic acids is 2. The molecule has 0 unspecified atom stereocenters. The highest BCUT2D eigenvalue weighted by atomic mass is 79.9. The highest BCUT2D eigenvalue weighted by molar-refractivity contribution is 9.10. The van der Waals surface area contributed by atoms with Crippen LogP contribution in [0.1, 0.15) is 37.0 Å². The summed E-state index contributed by atoms with van der Waals surface area (Å²) in [5.74, 6) is -0.230. The molecule has 0 heterocycles. The quantitative estimate of drug-likeness (QED) is 0.724. The third-order valence-electron chi connectivity index (χ3n) is 3.85. The molecule has 0 aliphatic heterocycles. The van der Waals surface area contributed by atoms with E-state index in [2.05, 4.69) is 26.6 Å². The first-order chi connectivity index (χ1) is 11.5. The predicted molar refractivity (Wildman–Crippen MR) is 101 cm³/mol. The molecule has 2 aromatic carbocycles. The Bertz CT molecular complexity index is 710. The second-order valence-corrected chi connectivity index (χ2v) is 6.46. The fourth-order valence-corrected chi connectivity index (χ4v) is 2.64. The predicted octanol–water partition coefficient (Wildman–Crippen LogP) is 5.08. The molecule has 0 aromatic heterocycles. The lowest BCUT2D eigenvalue weighted by atomic mass is 10.0. The molecule has 0 saturated heterocycles. The van der Waals surface area contributed by atoms with Gasteiger partial charge in [0.15, 0.2) is 0 Å². The topological polar surface area (TPSA) is 58.2 Å². The monoisotopic (exact) mass is 388 g/mol. The Balaban J connectivity index is 2.07. The zero-order valence-corrected chi connectivity index (χ0v) is 15.4. The largest absolute Gasteiger partial charge is 0.326 e. The van der Waals surface area contributed by atoms with Crippen molar-refractivity contribution in [2.24, 2.45) is 5.92 Å². The fraction of sp³-hybridized carbons (Fsp3) is 0.263. The molecular weight excluding hydrogens is 368 g/mol. The third kappa shape index (κ3) is 4.93. The fourth-order valence-electron chi connectivity index (χ4n) is 2.38. The van der Waals surface area contributed by atoms with Crippen molar-refractivity contribution in [2.75, 3.05) is 10.6 Å². The lowest BCUT2D eigenvalue weighted by molar-refractivity contribution is -0.120. The van der Waals surface area contributed by atoms with Gasteiger partial charge in [-0.25, -0.2) is 0 Å². The zero-order chi connectivity index (χ0) is 17.5. The molecule has 0 saturated carbocycles. The molecule has 0 radical (unpaired) electrons. The molecule has 0 spiro atoms. The van der Waals surface area contributed by atoms with Crippen molar-refractivity contribution in [2.45, 2.75) is 26.7 Å². The Morgan fingerprint density at radius 1 is 0.958 bits per heavy atom. The normalized spacial score (nSPS) is 10.5. The van der Waals surface area contributed by atoms with Crippen LogP contribution in [0.2, 0.25) is 0 Å².